The fourth-order valence-corrected chi connectivity index (χ4v) is 2.66. The minimum Gasteiger partial charge on any atom is -0.292 e. The van der Waals surface area contributed by atoms with E-state index in [9.17, 15) is 9.59 Å². The van der Waals surface area contributed by atoms with Crippen LogP contribution in [0, 0.1) is 6.92 Å². The number of hydrogen-bond donors (Lipinski definition) is 0. The van der Waals surface area contributed by atoms with E-state index in [2.05, 4.69) is 5.10 Å². The molecule has 0 unspecified atom stereocenters. The Morgan fingerprint density at radius 3 is 2.85 bits per heavy atom. The molecule has 0 bridgehead atoms. The summed E-state index contributed by atoms with van der Waals surface area (Å²) in [4.78, 5) is 24.5. The Labute approximate surface area is 116 Å². The van der Waals surface area contributed by atoms with Crippen molar-refractivity contribution in [2.75, 3.05) is 0 Å². The van der Waals surface area contributed by atoms with E-state index in [0.29, 0.717) is 12.1 Å². The molecule has 104 valence electrons. The lowest BCUT2D eigenvalue weighted by Crippen LogP contribution is -2.29. The van der Waals surface area contributed by atoms with Crippen LogP contribution in [-0.4, -0.2) is 20.1 Å². The molecule has 0 atom stereocenters. The number of carbonyl (C=O) groups is 1. The highest BCUT2D eigenvalue weighted by Gasteiger charge is 2.19. The summed E-state index contributed by atoms with van der Waals surface area (Å²) in [5.41, 5.74) is 1.42. The number of hydrogen-bond acceptors (Lipinski definition) is 3. The van der Waals surface area contributed by atoms with Gasteiger partial charge in [-0.05, 0) is 25.3 Å². The van der Waals surface area contributed by atoms with E-state index in [0.717, 1.165) is 30.7 Å². The van der Waals surface area contributed by atoms with Crippen molar-refractivity contribution in [1.29, 1.82) is 0 Å². The molecule has 1 aromatic heterocycles. The van der Waals surface area contributed by atoms with Crippen molar-refractivity contribution < 1.29 is 4.79 Å². The van der Waals surface area contributed by atoms with Gasteiger partial charge in [-0.15, -0.1) is 0 Å². The first-order valence-electron chi connectivity index (χ1n) is 6.92. The van der Waals surface area contributed by atoms with Crippen LogP contribution < -0.4 is 5.69 Å². The summed E-state index contributed by atoms with van der Waals surface area (Å²) in [6, 6.07) is 7.42. The molecule has 0 N–H and O–H groups in total. The average molecular weight is 271 g/mol. The minimum absolute atomic E-state index is 0.0175. The molecule has 0 saturated heterocycles. The molecule has 2 aromatic rings. The van der Waals surface area contributed by atoms with Crippen LogP contribution in [0.25, 0.3) is 0 Å². The quantitative estimate of drug-likeness (QED) is 0.796. The monoisotopic (exact) mass is 271 g/mol. The number of benzene rings is 1. The van der Waals surface area contributed by atoms with E-state index in [1.807, 2.05) is 25.1 Å². The summed E-state index contributed by atoms with van der Waals surface area (Å²) in [6.45, 7) is 2.63. The van der Waals surface area contributed by atoms with Gasteiger partial charge in [-0.25, -0.2) is 9.48 Å². The number of nitrogens with zero attached hydrogens (tertiary/aromatic N) is 3. The fourth-order valence-electron chi connectivity index (χ4n) is 2.66. The largest absolute Gasteiger partial charge is 0.346 e. The second-order valence-corrected chi connectivity index (χ2v) is 5.20. The number of ketones is 1. The van der Waals surface area contributed by atoms with Gasteiger partial charge in [0.1, 0.15) is 12.4 Å². The van der Waals surface area contributed by atoms with Crippen molar-refractivity contribution in [1.82, 2.24) is 14.3 Å². The zero-order valence-electron chi connectivity index (χ0n) is 11.5. The van der Waals surface area contributed by atoms with Gasteiger partial charge in [0.05, 0.1) is 0 Å². The van der Waals surface area contributed by atoms with Crippen molar-refractivity contribution >= 4 is 5.78 Å². The lowest BCUT2D eigenvalue weighted by molar-refractivity contribution is 0.0965. The number of aromatic nitrogens is 3. The highest BCUT2D eigenvalue weighted by Crippen LogP contribution is 2.11. The number of Topliss-reactive ketones (excluding diaryl/α,β-unsaturated/α-hetero) is 1. The highest BCUT2D eigenvalue weighted by atomic mass is 16.2. The van der Waals surface area contributed by atoms with Crippen molar-refractivity contribution in [3.8, 4) is 0 Å². The first-order chi connectivity index (χ1) is 9.66. The molecule has 5 heteroatoms. The van der Waals surface area contributed by atoms with Gasteiger partial charge in [0.15, 0.2) is 5.78 Å². The summed E-state index contributed by atoms with van der Waals surface area (Å²) in [5, 5.41) is 4.29. The zero-order valence-corrected chi connectivity index (χ0v) is 11.5. The Kier molecular flexibility index (Phi) is 3.26. The average Bonchev–Trinajstić information content (AvgIpc) is 2.76. The first kappa shape index (κ1) is 12.8. The second kappa shape index (κ2) is 5.07. The number of rotatable bonds is 3. The first-order valence-corrected chi connectivity index (χ1v) is 6.92. The van der Waals surface area contributed by atoms with Gasteiger partial charge in [-0.2, -0.15) is 5.10 Å². The SMILES string of the molecule is Cc1ccccc1C(=O)Cn1nc2n(c1=O)CCCC2. The van der Waals surface area contributed by atoms with Crippen molar-refractivity contribution in [2.24, 2.45) is 0 Å². The third-order valence-electron chi connectivity index (χ3n) is 3.77. The van der Waals surface area contributed by atoms with Crippen LogP contribution in [0.3, 0.4) is 0 Å². The highest BCUT2D eigenvalue weighted by molar-refractivity contribution is 5.97. The Balaban J connectivity index is 1.89. The summed E-state index contributed by atoms with van der Waals surface area (Å²) >= 11 is 0. The van der Waals surface area contributed by atoms with Gasteiger partial charge < -0.3 is 0 Å². The van der Waals surface area contributed by atoms with Crippen LogP contribution in [0.2, 0.25) is 0 Å². The predicted molar refractivity (Wildman–Crippen MR) is 74.9 cm³/mol. The van der Waals surface area contributed by atoms with Crippen molar-refractivity contribution in [3.05, 3.63) is 51.7 Å². The number of aryl methyl sites for hydroxylation is 2. The molecule has 0 aliphatic carbocycles. The Morgan fingerprint density at radius 2 is 2.10 bits per heavy atom. The van der Waals surface area contributed by atoms with Crippen LogP contribution in [0.1, 0.15) is 34.6 Å². The lowest BCUT2D eigenvalue weighted by Gasteiger charge is -2.09. The van der Waals surface area contributed by atoms with Gasteiger partial charge >= 0.3 is 5.69 Å². The maximum Gasteiger partial charge on any atom is 0.346 e. The molecule has 0 amide bonds. The van der Waals surface area contributed by atoms with E-state index in [-0.39, 0.29) is 18.0 Å². The number of fused-ring (bicyclic) bond motifs is 1. The number of carbonyl (C=O) groups excluding carboxylic acids is 1. The third kappa shape index (κ3) is 2.19. The molecule has 1 aliphatic heterocycles. The summed E-state index contributed by atoms with van der Waals surface area (Å²) in [5.74, 6) is 0.736. The van der Waals surface area contributed by atoms with Crippen LogP contribution >= 0.6 is 0 Å². The predicted octanol–water partition coefficient (Wildman–Crippen LogP) is 1.57. The van der Waals surface area contributed by atoms with Gasteiger partial charge in [-0.3, -0.25) is 9.36 Å². The van der Waals surface area contributed by atoms with Crippen LogP contribution in [0.5, 0.6) is 0 Å². The standard InChI is InChI=1S/C15H17N3O2/c1-11-6-2-3-7-12(11)13(19)10-18-15(20)17-9-5-4-8-14(17)16-18/h2-3,6-7H,4-5,8-10H2,1H3. The van der Waals surface area contributed by atoms with E-state index < -0.39 is 0 Å². The fraction of sp³-hybridized carbons (Fsp3) is 0.400. The summed E-state index contributed by atoms with van der Waals surface area (Å²) in [7, 11) is 0. The summed E-state index contributed by atoms with van der Waals surface area (Å²) < 4.78 is 2.99. The molecule has 1 aliphatic rings. The molecule has 0 spiro atoms. The molecule has 0 saturated carbocycles. The molecule has 3 rings (SSSR count). The maximum absolute atomic E-state index is 12.3. The molecule has 0 fully saturated rings. The van der Waals surface area contributed by atoms with Gasteiger partial charge in [0, 0.05) is 18.5 Å². The van der Waals surface area contributed by atoms with Crippen molar-refractivity contribution in [3.63, 3.8) is 0 Å². The topological polar surface area (TPSA) is 56.9 Å². The van der Waals surface area contributed by atoms with Crippen LogP contribution in [0.15, 0.2) is 29.1 Å². The molecular formula is C15H17N3O2. The third-order valence-corrected chi connectivity index (χ3v) is 3.77. The summed E-state index contributed by atoms with van der Waals surface area (Å²) in [6.07, 6.45) is 2.88. The molecule has 1 aromatic carbocycles. The van der Waals surface area contributed by atoms with Crippen molar-refractivity contribution in [2.45, 2.75) is 39.3 Å². The zero-order chi connectivity index (χ0) is 14.1. The van der Waals surface area contributed by atoms with E-state index in [1.54, 1.807) is 10.6 Å². The molecule has 2 heterocycles. The van der Waals surface area contributed by atoms with Gasteiger partial charge in [-0.1, -0.05) is 24.3 Å². The van der Waals surface area contributed by atoms with Crippen LogP contribution in [0.4, 0.5) is 0 Å². The van der Waals surface area contributed by atoms with Crippen LogP contribution in [-0.2, 0) is 19.5 Å². The Bertz CT molecular complexity index is 712. The second-order valence-electron chi connectivity index (χ2n) is 5.20. The minimum atomic E-state index is -0.165. The smallest absolute Gasteiger partial charge is 0.292 e. The van der Waals surface area contributed by atoms with Gasteiger partial charge in [0.25, 0.3) is 0 Å². The normalized spacial score (nSPS) is 14.1. The Hall–Kier alpha value is -2.17. The maximum atomic E-state index is 12.3. The molecular weight excluding hydrogens is 254 g/mol. The van der Waals surface area contributed by atoms with E-state index >= 15 is 0 Å². The van der Waals surface area contributed by atoms with E-state index in [1.165, 1.54) is 4.68 Å². The van der Waals surface area contributed by atoms with E-state index in [4.69, 9.17) is 0 Å². The molecule has 0 radical (unpaired) electrons. The van der Waals surface area contributed by atoms with Gasteiger partial charge in [0.2, 0.25) is 0 Å². The molecule has 20 heavy (non-hydrogen) atoms. The molecule has 5 nitrogen and oxygen atoms in total. The lowest BCUT2D eigenvalue weighted by atomic mass is 10.1. The Morgan fingerprint density at radius 1 is 1.30 bits per heavy atom.